The average Bonchev–Trinajstić information content (AvgIpc) is 3.01. The first-order valence-corrected chi connectivity index (χ1v) is 15.8. The summed E-state index contributed by atoms with van der Waals surface area (Å²) in [4.78, 5) is 10.5. The average molecular weight is 621 g/mol. The molecule has 232 valence electrons. The fraction of sp³-hybridized carbons (Fsp3) is 0.242. The molecule has 10 nitrogen and oxygen atoms in total. The molecule has 0 amide bonds. The van der Waals surface area contributed by atoms with E-state index in [0.29, 0.717) is 24.7 Å². The highest BCUT2D eigenvalue weighted by Gasteiger charge is 2.26. The van der Waals surface area contributed by atoms with Crippen molar-refractivity contribution in [3.8, 4) is 28.4 Å². The Bertz CT molecular complexity index is 1640. The minimum absolute atomic E-state index is 0.0435. The topological polar surface area (TPSA) is 157 Å². The van der Waals surface area contributed by atoms with Crippen LogP contribution in [0.4, 0.5) is 5.69 Å². The summed E-state index contributed by atoms with van der Waals surface area (Å²) in [7, 11) is -3.76. The van der Waals surface area contributed by atoms with Crippen molar-refractivity contribution in [1.82, 2.24) is 5.32 Å². The molecule has 0 heterocycles. The summed E-state index contributed by atoms with van der Waals surface area (Å²) in [5.41, 5.74) is 9.32. The Morgan fingerprint density at radius 1 is 0.864 bits per heavy atom. The summed E-state index contributed by atoms with van der Waals surface area (Å²) in [6.45, 7) is 2.28. The van der Waals surface area contributed by atoms with Crippen LogP contribution in [0.5, 0.6) is 17.2 Å². The van der Waals surface area contributed by atoms with Gasteiger partial charge in [-0.1, -0.05) is 60.7 Å². The number of aliphatic hydroxyl groups is 1. The highest BCUT2D eigenvalue weighted by atomic mass is 32.2. The number of aliphatic carboxylic acids is 1. The van der Waals surface area contributed by atoms with Gasteiger partial charge in [-0.3, -0.25) is 0 Å². The van der Waals surface area contributed by atoms with Crippen molar-refractivity contribution in [2.45, 2.75) is 30.6 Å². The monoisotopic (exact) mass is 620 g/mol. The van der Waals surface area contributed by atoms with E-state index in [0.717, 1.165) is 22.9 Å². The zero-order valence-corrected chi connectivity index (χ0v) is 25.3. The molecule has 5 N–H and O–H groups in total. The lowest BCUT2D eigenvalue weighted by molar-refractivity contribution is -0.139. The first kappa shape index (κ1) is 32.3. The Hall–Kier alpha value is -4.58. The third-order valence-electron chi connectivity index (χ3n) is 6.84. The van der Waals surface area contributed by atoms with Crippen LogP contribution in [0.25, 0.3) is 11.1 Å². The van der Waals surface area contributed by atoms with Gasteiger partial charge < -0.3 is 35.5 Å². The van der Waals surface area contributed by atoms with Crippen LogP contribution in [0, 0.1) is 0 Å². The van der Waals surface area contributed by atoms with Gasteiger partial charge in [-0.15, -0.1) is 0 Å². The second-order valence-corrected chi connectivity index (χ2v) is 12.2. The number of carboxylic acids is 1. The number of benzene rings is 4. The molecule has 0 fully saturated rings. The van der Waals surface area contributed by atoms with E-state index in [1.807, 2.05) is 66.7 Å². The number of nitrogen functional groups attached to an aromatic ring is 1. The normalized spacial score (nSPS) is 12.7. The number of hydrogen-bond acceptors (Lipinski definition) is 9. The number of hydrogen-bond donors (Lipinski definition) is 4. The molecule has 0 bridgehead atoms. The number of carbonyl (C=O) groups is 1. The van der Waals surface area contributed by atoms with Crippen molar-refractivity contribution >= 4 is 21.5 Å². The van der Waals surface area contributed by atoms with E-state index in [1.54, 1.807) is 25.1 Å². The predicted octanol–water partition coefficient (Wildman–Crippen LogP) is 4.47. The largest absolute Gasteiger partial charge is 0.492 e. The van der Waals surface area contributed by atoms with Gasteiger partial charge >= 0.3 is 5.97 Å². The molecular weight excluding hydrogens is 584 g/mol. The Labute approximate surface area is 256 Å². The maximum atomic E-state index is 12.6. The van der Waals surface area contributed by atoms with Crippen molar-refractivity contribution in [2.75, 3.05) is 31.7 Å². The van der Waals surface area contributed by atoms with Crippen LogP contribution in [0.2, 0.25) is 0 Å². The van der Waals surface area contributed by atoms with Crippen LogP contribution >= 0.6 is 0 Å². The van der Waals surface area contributed by atoms with Crippen molar-refractivity contribution in [3.05, 3.63) is 102 Å². The summed E-state index contributed by atoms with van der Waals surface area (Å²) in [6.07, 6.45) is -0.0234. The molecule has 0 aliphatic carbocycles. The molecule has 4 rings (SSSR count). The molecule has 2 atom stereocenters. The van der Waals surface area contributed by atoms with E-state index in [1.165, 1.54) is 6.07 Å². The van der Waals surface area contributed by atoms with Gasteiger partial charge in [-0.05, 0) is 53.9 Å². The van der Waals surface area contributed by atoms with Crippen molar-refractivity contribution in [2.24, 2.45) is 0 Å². The molecule has 0 saturated carbocycles. The molecular formula is C33H36N2O8S. The summed E-state index contributed by atoms with van der Waals surface area (Å²) in [6, 6.07) is 26.7. The summed E-state index contributed by atoms with van der Waals surface area (Å²) in [5.74, 6) is 0.241. The Balaban J connectivity index is 1.31. The fourth-order valence-electron chi connectivity index (χ4n) is 4.55. The molecule has 0 saturated heterocycles. The van der Waals surface area contributed by atoms with Gasteiger partial charge in [0.05, 0.1) is 11.8 Å². The third-order valence-corrected chi connectivity index (χ3v) is 8.00. The van der Waals surface area contributed by atoms with Gasteiger partial charge in [0.2, 0.25) is 0 Å². The number of aliphatic hydroxyl groups excluding tert-OH is 1. The third kappa shape index (κ3) is 8.73. The van der Waals surface area contributed by atoms with Crippen LogP contribution < -0.4 is 25.3 Å². The molecule has 44 heavy (non-hydrogen) atoms. The van der Waals surface area contributed by atoms with Crippen LogP contribution in [-0.4, -0.2) is 56.7 Å². The first-order valence-electron chi connectivity index (χ1n) is 13.9. The molecule has 0 radical (unpaired) electrons. The van der Waals surface area contributed by atoms with E-state index in [-0.39, 0.29) is 28.5 Å². The number of nitrogens with one attached hydrogen (secondary N) is 1. The molecule has 0 unspecified atom stereocenters. The van der Waals surface area contributed by atoms with Crippen LogP contribution in [0.1, 0.15) is 24.2 Å². The van der Waals surface area contributed by atoms with Crippen molar-refractivity contribution in [3.63, 3.8) is 0 Å². The maximum Gasteiger partial charge on any atom is 0.341 e. The fourth-order valence-corrected chi connectivity index (χ4v) is 5.56. The van der Waals surface area contributed by atoms with Crippen LogP contribution in [0.15, 0.2) is 95.9 Å². The smallest absolute Gasteiger partial charge is 0.341 e. The number of rotatable bonds is 15. The van der Waals surface area contributed by atoms with Gasteiger partial charge in [0.15, 0.2) is 16.4 Å². The second-order valence-electron chi connectivity index (χ2n) is 10.2. The molecule has 0 spiro atoms. The van der Waals surface area contributed by atoms with E-state index in [4.69, 9.17) is 25.1 Å². The predicted molar refractivity (Wildman–Crippen MR) is 168 cm³/mol. The number of nitrogens with two attached hydrogens (primary N) is 1. The lowest BCUT2D eigenvalue weighted by Crippen LogP contribution is -2.35. The zero-order valence-electron chi connectivity index (χ0n) is 24.5. The first-order chi connectivity index (χ1) is 21.0. The quantitative estimate of drug-likeness (QED) is 0.110. The molecule has 4 aromatic rings. The van der Waals surface area contributed by atoms with Gasteiger partial charge in [0.1, 0.15) is 35.4 Å². The van der Waals surface area contributed by atoms with Crippen LogP contribution in [0.3, 0.4) is 0 Å². The molecule has 0 aromatic heterocycles. The van der Waals surface area contributed by atoms with E-state index >= 15 is 0 Å². The number of ether oxygens (including phenoxy) is 3. The number of anilines is 1. The highest BCUT2D eigenvalue weighted by molar-refractivity contribution is 7.91. The Kier molecular flexibility index (Phi) is 10.8. The molecule has 4 aromatic carbocycles. The lowest BCUT2D eigenvalue weighted by atomic mass is 10.0. The highest BCUT2D eigenvalue weighted by Crippen LogP contribution is 2.36. The Morgan fingerprint density at radius 3 is 2.02 bits per heavy atom. The minimum Gasteiger partial charge on any atom is -0.492 e. The maximum absolute atomic E-state index is 12.6. The molecule has 0 aliphatic rings. The van der Waals surface area contributed by atoms with E-state index < -0.39 is 34.6 Å². The van der Waals surface area contributed by atoms with Crippen molar-refractivity contribution in [1.29, 1.82) is 0 Å². The van der Waals surface area contributed by atoms with E-state index in [2.05, 4.69) is 5.32 Å². The van der Waals surface area contributed by atoms with E-state index in [9.17, 15) is 18.3 Å². The summed E-state index contributed by atoms with van der Waals surface area (Å²) in [5, 5.41) is 23.0. The van der Waals surface area contributed by atoms with Gasteiger partial charge in [0, 0.05) is 24.4 Å². The number of sulfone groups is 1. The zero-order chi connectivity index (χ0) is 31.7. The van der Waals surface area contributed by atoms with Crippen LogP contribution in [-0.2, 0) is 21.2 Å². The SMILES string of the molecule is C[C@H](NCCOc1ccc(-c2ccc(OCC(=O)O)cc2)cc1)[C@H](O)c1ccc(OCc2ccccc2)c(S(C)(=O)=O)c1N. The summed E-state index contributed by atoms with van der Waals surface area (Å²) >= 11 is 0. The number of carboxylic acid groups (broad SMARTS) is 1. The van der Waals surface area contributed by atoms with Gasteiger partial charge in [-0.2, -0.15) is 0 Å². The molecule has 0 aliphatic heterocycles. The standard InChI is InChI=1S/C33H36N2O8S/c1-22(32(38)28-16-17-29(33(31(28)34)44(2,39)40)43-20-23-6-4-3-5-7-23)35-18-19-41-26-12-8-24(9-13-26)25-10-14-27(15-11-25)42-21-30(36)37/h3-17,22,32,35,38H,18-21,34H2,1-2H3,(H,36,37)/t22-,32-/m0/s1. The Morgan fingerprint density at radius 2 is 1.45 bits per heavy atom. The van der Waals surface area contributed by atoms with Gasteiger partial charge in [0.25, 0.3) is 0 Å². The van der Waals surface area contributed by atoms with Crippen molar-refractivity contribution < 1.29 is 37.6 Å². The minimum atomic E-state index is -3.76. The lowest BCUT2D eigenvalue weighted by Gasteiger charge is -2.24. The summed E-state index contributed by atoms with van der Waals surface area (Å²) < 4.78 is 42.1. The second kappa shape index (κ2) is 14.7. The molecule has 11 heteroatoms. The van der Waals surface area contributed by atoms with Gasteiger partial charge in [-0.25, -0.2) is 13.2 Å².